The molecule has 2 N–H and O–H groups in total. The fraction of sp³-hybridized carbons (Fsp3) is 0.136. The Morgan fingerprint density at radius 2 is 1.74 bits per heavy atom. The monoisotopic (exact) mass is 436 g/mol. The molecule has 31 heavy (non-hydrogen) atoms. The van der Waals surface area contributed by atoms with E-state index in [1.165, 1.54) is 12.2 Å². The lowest BCUT2D eigenvalue weighted by Crippen LogP contribution is -2.37. The van der Waals surface area contributed by atoms with Gasteiger partial charge in [-0.15, -0.1) is 4.40 Å². The maximum atomic E-state index is 12.8. The van der Waals surface area contributed by atoms with Crippen LogP contribution in [0.25, 0.3) is 0 Å². The van der Waals surface area contributed by atoms with Gasteiger partial charge in [-0.1, -0.05) is 24.3 Å². The second-order valence-corrected chi connectivity index (χ2v) is 8.85. The maximum absolute atomic E-state index is 12.8. The predicted molar refractivity (Wildman–Crippen MR) is 119 cm³/mol. The van der Waals surface area contributed by atoms with Crippen LogP contribution in [0.15, 0.2) is 76.9 Å². The molecule has 2 aliphatic rings. The molecule has 0 atom stereocenters. The molecule has 4 rings (SSSR count). The van der Waals surface area contributed by atoms with Crippen molar-refractivity contribution in [2.75, 3.05) is 22.9 Å². The molecule has 2 heterocycles. The number of nitrogens with one attached hydrogen (secondary N) is 2. The van der Waals surface area contributed by atoms with Crippen molar-refractivity contribution in [1.82, 2.24) is 4.90 Å². The highest BCUT2D eigenvalue weighted by Gasteiger charge is 2.25. The van der Waals surface area contributed by atoms with Crippen LogP contribution in [0.3, 0.4) is 0 Å². The second kappa shape index (κ2) is 8.19. The number of anilines is 2. The fourth-order valence-corrected chi connectivity index (χ4v) is 4.24. The van der Waals surface area contributed by atoms with Crippen LogP contribution in [0, 0.1) is 6.92 Å². The quantitative estimate of drug-likeness (QED) is 0.766. The number of sulfonamides is 1. The molecule has 2 aromatic carbocycles. The first-order valence-electron chi connectivity index (χ1n) is 9.59. The molecular weight excluding hydrogens is 416 g/mol. The van der Waals surface area contributed by atoms with Crippen molar-refractivity contribution in [1.29, 1.82) is 0 Å². The van der Waals surface area contributed by atoms with Gasteiger partial charge in [0.05, 0.1) is 11.3 Å². The van der Waals surface area contributed by atoms with E-state index in [-0.39, 0.29) is 24.1 Å². The average molecular weight is 436 g/mol. The van der Waals surface area contributed by atoms with Crippen LogP contribution in [0.5, 0.6) is 0 Å². The van der Waals surface area contributed by atoms with Gasteiger partial charge in [-0.3, -0.25) is 9.59 Å². The van der Waals surface area contributed by atoms with Gasteiger partial charge in [0.2, 0.25) is 0 Å². The van der Waals surface area contributed by atoms with Gasteiger partial charge in [0, 0.05) is 29.7 Å². The molecule has 0 saturated carbocycles. The topological polar surface area (TPSA) is 108 Å². The molecule has 0 aromatic heterocycles. The Morgan fingerprint density at radius 1 is 0.968 bits per heavy atom. The van der Waals surface area contributed by atoms with Crippen molar-refractivity contribution in [2.24, 2.45) is 4.40 Å². The molecule has 0 spiro atoms. The summed E-state index contributed by atoms with van der Waals surface area (Å²) >= 11 is 0. The van der Waals surface area contributed by atoms with E-state index in [9.17, 15) is 18.0 Å². The number of hydrogen-bond acceptors (Lipinski definition) is 5. The zero-order valence-corrected chi connectivity index (χ0v) is 17.5. The lowest BCUT2D eigenvalue weighted by molar-refractivity contribution is -0.112. The fourth-order valence-electron chi connectivity index (χ4n) is 3.27. The van der Waals surface area contributed by atoms with Crippen LogP contribution in [0.4, 0.5) is 11.4 Å². The van der Waals surface area contributed by atoms with Gasteiger partial charge >= 0.3 is 0 Å². The Balaban J connectivity index is 1.51. The molecule has 2 aromatic rings. The van der Waals surface area contributed by atoms with Crippen LogP contribution in [-0.2, 0) is 14.8 Å². The standard InChI is InChI=1S/C22H20N4O4S/c1-15-18(22(28)23-17-6-3-2-4-7-17)8-5-9-19(15)24-21(27)16-10-11-20-25-31(29,30)13-12-26(20)14-16/h2-11,14H,12-13H2,1H3,(H,23,28)(H,24,27). The van der Waals surface area contributed by atoms with Crippen LogP contribution < -0.4 is 10.6 Å². The number of rotatable bonds is 4. The first-order chi connectivity index (χ1) is 14.8. The highest BCUT2D eigenvalue weighted by Crippen LogP contribution is 2.22. The van der Waals surface area contributed by atoms with E-state index in [1.54, 1.807) is 48.4 Å². The summed E-state index contributed by atoms with van der Waals surface area (Å²) in [5.74, 6) is -0.453. The minimum atomic E-state index is -3.45. The summed E-state index contributed by atoms with van der Waals surface area (Å²) < 4.78 is 26.9. The second-order valence-electron chi connectivity index (χ2n) is 7.10. The van der Waals surface area contributed by atoms with Gasteiger partial charge in [-0.25, -0.2) is 8.42 Å². The number of carbonyl (C=O) groups is 2. The Hall–Kier alpha value is -3.72. The van der Waals surface area contributed by atoms with Crippen molar-refractivity contribution < 1.29 is 18.0 Å². The van der Waals surface area contributed by atoms with Crippen LogP contribution in [0.1, 0.15) is 15.9 Å². The first-order valence-corrected chi connectivity index (χ1v) is 11.2. The van der Waals surface area contributed by atoms with E-state index in [0.29, 0.717) is 33.9 Å². The summed E-state index contributed by atoms with van der Waals surface area (Å²) in [6.45, 7) is 2.00. The number of para-hydroxylation sites is 1. The van der Waals surface area contributed by atoms with Gasteiger partial charge in [0.25, 0.3) is 21.8 Å². The number of hydrogen-bond donors (Lipinski definition) is 2. The summed E-state index contributed by atoms with van der Waals surface area (Å²) in [7, 11) is -3.45. The minimum absolute atomic E-state index is 0.104. The Labute approximate surface area is 180 Å². The SMILES string of the molecule is Cc1c(NC(=O)C2=CN3CCS(=O)(=O)N=C3C=C2)cccc1C(=O)Nc1ccccc1. The van der Waals surface area contributed by atoms with E-state index in [0.717, 1.165) is 0 Å². The summed E-state index contributed by atoms with van der Waals surface area (Å²) in [6, 6.07) is 14.2. The van der Waals surface area contributed by atoms with E-state index < -0.39 is 10.0 Å². The molecule has 158 valence electrons. The Morgan fingerprint density at radius 3 is 2.52 bits per heavy atom. The zero-order chi connectivity index (χ0) is 22.0. The smallest absolute Gasteiger partial charge is 0.257 e. The van der Waals surface area contributed by atoms with Crippen molar-refractivity contribution in [3.8, 4) is 0 Å². The summed E-state index contributed by atoms with van der Waals surface area (Å²) in [4.78, 5) is 27.1. The molecule has 8 nitrogen and oxygen atoms in total. The lowest BCUT2D eigenvalue weighted by atomic mass is 10.1. The number of amidine groups is 1. The van der Waals surface area contributed by atoms with Crippen molar-refractivity contribution in [3.63, 3.8) is 0 Å². The highest BCUT2D eigenvalue weighted by molar-refractivity contribution is 7.90. The molecule has 0 unspecified atom stereocenters. The number of amides is 2. The van der Waals surface area contributed by atoms with Gasteiger partial charge in [0.15, 0.2) is 0 Å². The Bertz CT molecular complexity index is 1250. The number of nitrogens with zero attached hydrogens (tertiary/aromatic N) is 2. The van der Waals surface area contributed by atoms with Crippen LogP contribution in [0.2, 0.25) is 0 Å². The third kappa shape index (κ3) is 4.56. The highest BCUT2D eigenvalue weighted by atomic mass is 32.2. The van der Waals surface area contributed by atoms with E-state index >= 15 is 0 Å². The molecule has 9 heteroatoms. The third-order valence-electron chi connectivity index (χ3n) is 4.94. The van der Waals surface area contributed by atoms with Gasteiger partial charge in [0.1, 0.15) is 5.84 Å². The molecule has 2 aliphatic heterocycles. The zero-order valence-electron chi connectivity index (χ0n) is 16.7. The number of fused-ring (bicyclic) bond motifs is 1. The van der Waals surface area contributed by atoms with Crippen molar-refractivity contribution >= 4 is 39.0 Å². The van der Waals surface area contributed by atoms with Gasteiger partial charge in [-0.05, 0) is 48.9 Å². The summed E-state index contributed by atoms with van der Waals surface area (Å²) in [6.07, 6.45) is 4.60. The molecule has 0 radical (unpaired) electrons. The summed E-state index contributed by atoms with van der Waals surface area (Å²) in [5, 5.41) is 5.67. The van der Waals surface area contributed by atoms with Gasteiger partial charge in [-0.2, -0.15) is 0 Å². The van der Waals surface area contributed by atoms with Crippen molar-refractivity contribution in [2.45, 2.75) is 6.92 Å². The Kier molecular flexibility index (Phi) is 5.43. The molecule has 0 fully saturated rings. The largest absolute Gasteiger partial charge is 0.330 e. The van der Waals surface area contributed by atoms with E-state index in [1.807, 2.05) is 18.2 Å². The van der Waals surface area contributed by atoms with Crippen LogP contribution >= 0.6 is 0 Å². The molecule has 0 saturated heterocycles. The molecule has 0 aliphatic carbocycles. The predicted octanol–water partition coefficient (Wildman–Crippen LogP) is 2.68. The maximum Gasteiger partial charge on any atom is 0.257 e. The molecule has 2 amide bonds. The molecule has 0 bridgehead atoms. The van der Waals surface area contributed by atoms with Crippen molar-refractivity contribution in [3.05, 3.63) is 83.6 Å². The minimum Gasteiger partial charge on any atom is -0.330 e. The van der Waals surface area contributed by atoms with E-state index in [2.05, 4.69) is 15.0 Å². The van der Waals surface area contributed by atoms with Gasteiger partial charge < -0.3 is 15.5 Å². The lowest BCUT2D eigenvalue weighted by Gasteiger charge is -2.27. The molecular formula is C22H20N4O4S. The summed E-state index contributed by atoms with van der Waals surface area (Å²) in [5.41, 5.74) is 2.64. The average Bonchev–Trinajstić information content (AvgIpc) is 2.75. The van der Waals surface area contributed by atoms with Crippen LogP contribution in [-0.4, -0.2) is 43.3 Å². The first kappa shape index (κ1) is 20.5. The normalized spacial score (nSPS) is 16.6. The van der Waals surface area contributed by atoms with E-state index in [4.69, 9.17) is 0 Å². The third-order valence-corrected chi connectivity index (χ3v) is 6.11. The number of benzene rings is 2. The number of carbonyl (C=O) groups excluding carboxylic acids is 2.